The van der Waals surface area contributed by atoms with Crippen LogP contribution in [-0.2, 0) is 4.74 Å². The van der Waals surface area contributed by atoms with E-state index < -0.39 is 0 Å². The van der Waals surface area contributed by atoms with Gasteiger partial charge in [-0.1, -0.05) is 12.8 Å². The minimum Gasteiger partial charge on any atom is -0.385 e. The molecule has 15 heavy (non-hydrogen) atoms. The van der Waals surface area contributed by atoms with Gasteiger partial charge in [0, 0.05) is 20.1 Å². The van der Waals surface area contributed by atoms with Crippen LogP contribution >= 0.6 is 0 Å². The molecule has 1 aliphatic heterocycles. The zero-order valence-electron chi connectivity index (χ0n) is 9.96. The monoisotopic (exact) mass is 210 g/mol. The Morgan fingerprint density at radius 2 is 1.87 bits per heavy atom. The van der Waals surface area contributed by atoms with Gasteiger partial charge in [0.15, 0.2) is 0 Å². The normalized spacial score (nSPS) is 22.7. The van der Waals surface area contributed by atoms with Crippen molar-refractivity contribution in [3.05, 3.63) is 0 Å². The number of hydrogen-bond acceptors (Lipinski definition) is 3. The standard InChI is InChI=1S/C12H22N2O/c1-12(11-13,7-10-15-2)14-8-5-3-4-6-9-14/h3-10H2,1-2H3. The number of nitrogens with zero attached hydrogens (tertiary/aromatic N) is 2. The van der Waals surface area contributed by atoms with Crippen LogP contribution in [0.25, 0.3) is 0 Å². The SMILES string of the molecule is COCCC(C)(C#N)N1CCCCCC1. The molecule has 0 radical (unpaired) electrons. The maximum atomic E-state index is 9.31. The van der Waals surface area contributed by atoms with Crippen LogP contribution in [0.1, 0.15) is 39.0 Å². The van der Waals surface area contributed by atoms with Crippen LogP contribution in [0.4, 0.5) is 0 Å². The van der Waals surface area contributed by atoms with Crippen LogP contribution in [0.2, 0.25) is 0 Å². The van der Waals surface area contributed by atoms with Gasteiger partial charge in [-0.25, -0.2) is 0 Å². The number of rotatable bonds is 4. The minimum absolute atomic E-state index is 0.333. The van der Waals surface area contributed by atoms with Gasteiger partial charge in [-0.15, -0.1) is 0 Å². The lowest BCUT2D eigenvalue weighted by molar-refractivity contribution is 0.103. The topological polar surface area (TPSA) is 36.3 Å². The van der Waals surface area contributed by atoms with E-state index in [1.807, 2.05) is 6.92 Å². The summed E-state index contributed by atoms with van der Waals surface area (Å²) >= 11 is 0. The zero-order chi connectivity index (χ0) is 11.1. The maximum Gasteiger partial charge on any atom is 0.108 e. The molecule has 0 spiro atoms. The van der Waals surface area contributed by atoms with Crippen molar-refractivity contribution in [3.63, 3.8) is 0 Å². The summed E-state index contributed by atoms with van der Waals surface area (Å²) in [6.45, 7) is 4.83. The van der Waals surface area contributed by atoms with Crippen LogP contribution in [0.15, 0.2) is 0 Å². The Bertz CT molecular complexity index is 216. The molecule has 0 saturated carbocycles. The fourth-order valence-corrected chi connectivity index (χ4v) is 2.15. The highest BCUT2D eigenvalue weighted by Crippen LogP contribution is 2.23. The third-order valence-electron chi connectivity index (χ3n) is 3.34. The largest absolute Gasteiger partial charge is 0.385 e. The summed E-state index contributed by atoms with van der Waals surface area (Å²) in [5, 5.41) is 9.31. The molecular weight excluding hydrogens is 188 g/mol. The van der Waals surface area contributed by atoms with Gasteiger partial charge in [0.05, 0.1) is 6.07 Å². The van der Waals surface area contributed by atoms with Crippen molar-refractivity contribution < 1.29 is 4.74 Å². The first kappa shape index (κ1) is 12.5. The molecule has 1 unspecified atom stereocenters. The van der Waals surface area contributed by atoms with E-state index in [1.54, 1.807) is 7.11 Å². The Labute approximate surface area is 93.0 Å². The quantitative estimate of drug-likeness (QED) is 0.713. The zero-order valence-corrected chi connectivity index (χ0v) is 9.96. The van der Waals surface area contributed by atoms with Crippen molar-refractivity contribution >= 4 is 0 Å². The second-order valence-electron chi connectivity index (χ2n) is 4.53. The average Bonchev–Trinajstić information content (AvgIpc) is 2.54. The summed E-state index contributed by atoms with van der Waals surface area (Å²) in [6.07, 6.45) is 5.87. The summed E-state index contributed by atoms with van der Waals surface area (Å²) < 4.78 is 5.08. The predicted molar refractivity (Wildman–Crippen MR) is 60.6 cm³/mol. The highest BCUT2D eigenvalue weighted by Gasteiger charge is 2.31. The second-order valence-corrected chi connectivity index (χ2v) is 4.53. The average molecular weight is 210 g/mol. The first-order chi connectivity index (χ1) is 7.23. The van der Waals surface area contributed by atoms with E-state index >= 15 is 0 Å². The Balaban J connectivity index is 2.58. The second kappa shape index (κ2) is 6.09. The van der Waals surface area contributed by atoms with Crippen LogP contribution in [-0.4, -0.2) is 37.2 Å². The number of methoxy groups -OCH3 is 1. The molecule has 0 N–H and O–H groups in total. The lowest BCUT2D eigenvalue weighted by atomic mass is 9.97. The number of hydrogen-bond donors (Lipinski definition) is 0. The van der Waals surface area contributed by atoms with Crippen molar-refractivity contribution in [3.8, 4) is 6.07 Å². The number of ether oxygens (including phenoxy) is 1. The van der Waals surface area contributed by atoms with Gasteiger partial charge in [-0.2, -0.15) is 5.26 Å². The van der Waals surface area contributed by atoms with Gasteiger partial charge >= 0.3 is 0 Å². The molecule has 0 aliphatic carbocycles. The molecule has 86 valence electrons. The third kappa shape index (κ3) is 3.48. The highest BCUT2D eigenvalue weighted by molar-refractivity contribution is 5.05. The maximum absolute atomic E-state index is 9.31. The van der Waals surface area contributed by atoms with Gasteiger partial charge < -0.3 is 4.74 Å². The number of likely N-dealkylation sites (tertiary alicyclic amines) is 1. The Kier molecular flexibility index (Phi) is 5.07. The third-order valence-corrected chi connectivity index (χ3v) is 3.34. The van der Waals surface area contributed by atoms with Crippen molar-refractivity contribution in [1.82, 2.24) is 4.90 Å². The van der Waals surface area contributed by atoms with E-state index in [1.165, 1.54) is 25.7 Å². The lowest BCUT2D eigenvalue weighted by Crippen LogP contribution is -2.46. The smallest absolute Gasteiger partial charge is 0.108 e. The summed E-state index contributed by atoms with van der Waals surface area (Å²) in [4.78, 5) is 2.33. The van der Waals surface area contributed by atoms with Gasteiger partial charge in [0.2, 0.25) is 0 Å². The van der Waals surface area contributed by atoms with Gasteiger partial charge in [0.1, 0.15) is 5.54 Å². The molecular formula is C12H22N2O. The summed E-state index contributed by atoms with van der Waals surface area (Å²) in [7, 11) is 1.69. The van der Waals surface area contributed by atoms with E-state index in [9.17, 15) is 5.26 Å². The highest BCUT2D eigenvalue weighted by atomic mass is 16.5. The van der Waals surface area contributed by atoms with Crippen molar-refractivity contribution in [1.29, 1.82) is 5.26 Å². The molecule has 3 nitrogen and oxygen atoms in total. The molecule has 1 saturated heterocycles. The van der Waals surface area contributed by atoms with Crippen molar-refractivity contribution in [2.24, 2.45) is 0 Å². The van der Waals surface area contributed by atoms with E-state index in [0.717, 1.165) is 19.5 Å². The fraction of sp³-hybridized carbons (Fsp3) is 0.917. The van der Waals surface area contributed by atoms with Crippen LogP contribution in [0.5, 0.6) is 0 Å². The van der Waals surface area contributed by atoms with Crippen LogP contribution < -0.4 is 0 Å². The van der Waals surface area contributed by atoms with E-state index in [2.05, 4.69) is 11.0 Å². The van der Waals surface area contributed by atoms with E-state index in [0.29, 0.717) is 6.61 Å². The Hall–Kier alpha value is -0.590. The summed E-state index contributed by atoms with van der Waals surface area (Å²) in [5.74, 6) is 0. The molecule has 3 heteroatoms. The van der Waals surface area contributed by atoms with Crippen molar-refractivity contribution in [2.45, 2.75) is 44.6 Å². The first-order valence-corrected chi connectivity index (χ1v) is 5.88. The lowest BCUT2D eigenvalue weighted by Gasteiger charge is -2.35. The van der Waals surface area contributed by atoms with E-state index in [-0.39, 0.29) is 5.54 Å². The molecule has 0 bridgehead atoms. The van der Waals surface area contributed by atoms with Gasteiger partial charge in [-0.3, -0.25) is 4.90 Å². The summed E-state index contributed by atoms with van der Waals surface area (Å²) in [5.41, 5.74) is -0.333. The molecule has 1 fully saturated rings. The molecule has 1 heterocycles. The van der Waals surface area contributed by atoms with Crippen LogP contribution in [0.3, 0.4) is 0 Å². The predicted octanol–water partition coefficient (Wildman–Crippen LogP) is 2.18. The Morgan fingerprint density at radius 1 is 1.27 bits per heavy atom. The molecule has 0 aromatic carbocycles. The molecule has 0 aromatic rings. The van der Waals surface area contributed by atoms with Gasteiger partial charge in [0.25, 0.3) is 0 Å². The van der Waals surface area contributed by atoms with Crippen molar-refractivity contribution in [2.75, 3.05) is 26.8 Å². The minimum atomic E-state index is -0.333. The molecule has 0 amide bonds. The number of nitriles is 1. The van der Waals surface area contributed by atoms with E-state index in [4.69, 9.17) is 4.74 Å². The molecule has 1 aliphatic rings. The summed E-state index contributed by atoms with van der Waals surface area (Å²) in [6, 6.07) is 2.46. The fourth-order valence-electron chi connectivity index (χ4n) is 2.15. The Morgan fingerprint density at radius 3 is 2.33 bits per heavy atom. The van der Waals surface area contributed by atoms with Crippen LogP contribution in [0, 0.1) is 11.3 Å². The molecule has 1 rings (SSSR count). The first-order valence-electron chi connectivity index (χ1n) is 5.88. The molecule has 0 aromatic heterocycles. The van der Waals surface area contributed by atoms with Gasteiger partial charge in [-0.05, 0) is 32.9 Å². The molecule has 1 atom stereocenters.